The summed E-state index contributed by atoms with van der Waals surface area (Å²) in [4.78, 5) is 11.3. The predicted molar refractivity (Wildman–Crippen MR) is 74.8 cm³/mol. The summed E-state index contributed by atoms with van der Waals surface area (Å²) in [6.45, 7) is 1.76. The number of esters is 1. The van der Waals surface area contributed by atoms with Crippen LogP contribution in [0, 0.1) is 11.8 Å². The monoisotopic (exact) mass is 250 g/mol. The molecule has 0 aliphatic carbocycles. The second kappa shape index (κ2) is 6.42. The zero-order valence-corrected chi connectivity index (χ0v) is 10.7. The SMILES string of the molecule is CCC(=O)Oc1ccccc1C#Cc1ccccc1. The van der Waals surface area contributed by atoms with Gasteiger partial charge in [-0.1, -0.05) is 49.1 Å². The van der Waals surface area contributed by atoms with Gasteiger partial charge in [0.25, 0.3) is 0 Å². The van der Waals surface area contributed by atoms with Crippen molar-refractivity contribution in [1.82, 2.24) is 0 Å². The van der Waals surface area contributed by atoms with Gasteiger partial charge < -0.3 is 4.74 Å². The van der Waals surface area contributed by atoms with Gasteiger partial charge in [-0.25, -0.2) is 0 Å². The fourth-order valence-electron chi connectivity index (χ4n) is 1.51. The van der Waals surface area contributed by atoms with Crippen molar-refractivity contribution in [2.24, 2.45) is 0 Å². The lowest BCUT2D eigenvalue weighted by molar-refractivity contribution is -0.134. The lowest BCUT2D eigenvalue weighted by Gasteiger charge is -2.04. The summed E-state index contributed by atoms with van der Waals surface area (Å²) in [6.07, 6.45) is 0.348. The predicted octanol–water partition coefficient (Wildman–Crippen LogP) is 3.40. The van der Waals surface area contributed by atoms with Gasteiger partial charge in [0.2, 0.25) is 0 Å². The molecule has 19 heavy (non-hydrogen) atoms. The molecule has 0 N–H and O–H groups in total. The molecule has 0 heterocycles. The average Bonchev–Trinajstić information content (AvgIpc) is 2.47. The first kappa shape index (κ1) is 12.9. The Morgan fingerprint density at radius 2 is 1.68 bits per heavy atom. The van der Waals surface area contributed by atoms with Crippen LogP contribution in [-0.2, 0) is 4.79 Å². The lowest BCUT2D eigenvalue weighted by Crippen LogP contribution is -2.06. The van der Waals surface area contributed by atoms with Crippen molar-refractivity contribution in [3.63, 3.8) is 0 Å². The van der Waals surface area contributed by atoms with E-state index in [1.54, 1.807) is 13.0 Å². The number of hydrogen-bond donors (Lipinski definition) is 0. The molecular weight excluding hydrogens is 236 g/mol. The highest BCUT2D eigenvalue weighted by atomic mass is 16.5. The number of hydrogen-bond acceptors (Lipinski definition) is 2. The quantitative estimate of drug-likeness (QED) is 0.464. The molecule has 0 fully saturated rings. The highest BCUT2D eigenvalue weighted by Crippen LogP contribution is 2.17. The molecule has 0 aromatic heterocycles. The topological polar surface area (TPSA) is 26.3 Å². The van der Waals surface area contributed by atoms with E-state index in [1.807, 2.05) is 48.5 Å². The summed E-state index contributed by atoms with van der Waals surface area (Å²) in [5.41, 5.74) is 1.65. The van der Waals surface area contributed by atoms with Crippen molar-refractivity contribution in [2.75, 3.05) is 0 Å². The van der Waals surface area contributed by atoms with Crippen molar-refractivity contribution >= 4 is 5.97 Å². The van der Waals surface area contributed by atoms with Gasteiger partial charge >= 0.3 is 5.97 Å². The average molecular weight is 250 g/mol. The van der Waals surface area contributed by atoms with E-state index in [1.165, 1.54) is 0 Å². The molecule has 2 nitrogen and oxygen atoms in total. The van der Waals surface area contributed by atoms with E-state index in [-0.39, 0.29) is 5.97 Å². The maximum absolute atomic E-state index is 11.3. The number of benzene rings is 2. The van der Waals surface area contributed by atoms with Crippen LogP contribution in [0.25, 0.3) is 0 Å². The van der Waals surface area contributed by atoms with Crippen molar-refractivity contribution in [1.29, 1.82) is 0 Å². The van der Waals surface area contributed by atoms with Gasteiger partial charge in [-0.2, -0.15) is 0 Å². The van der Waals surface area contributed by atoms with Crippen LogP contribution in [0.5, 0.6) is 5.75 Å². The van der Waals surface area contributed by atoms with E-state index in [0.717, 1.165) is 5.56 Å². The maximum Gasteiger partial charge on any atom is 0.310 e. The molecule has 0 amide bonds. The summed E-state index contributed by atoms with van der Waals surface area (Å²) < 4.78 is 5.24. The van der Waals surface area contributed by atoms with E-state index < -0.39 is 0 Å². The van der Waals surface area contributed by atoms with Gasteiger partial charge in [-0.15, -0.1) is 0 Å². The first-order chi connectivity index (χ1) is 9.29. The third kappa shape index (κ3) is 3.72. The van der Waals surface area contributed by atoms with Crippen LogP contribution < -0.4 is 4.74 Å². The van der Waals surface area contributed by atoms with E-state index in [0.29, 0.717) is 17.7 Å². The molecule has 2 rings (SSSR count). The third-order valence-electron chi connectivity index (χ3n) is 2.51. The Morgan fingerprint density at radius 1 is 1.00 bits per heavy atom. The zero-order valence-electron chi connectivity index (χ0n) is 10.7. The molecule has 0 unspecified atom stereocenters. The number of ether oxygens (including phenoxy) is 1. The third-order valence-corrected chi connectivity index (χ3v) is 2.51. The van der Waals surface area contributed by atoms with Crippen molar-refractivity contribution in [3.8, 4) is 17.6 Å². The molecule has 2 heteroatoms. The fraction of sp³-hybridized carbons (Fsp3) is 0.118. The molecule has 94 valence electrons. The fourth-order valence-corrected chi connectivity index (χ4v) is 1.51. The van der Waals surface area contributed by atoms with Crippen LogP contribution >= 0.6 is 0 Å². The highest BCUT2D eigenvalue weighted by molar-refractivity contribution is 5.73. The van der Waals surface area contributed by atoms with Crippen molar-refractivity contribution in [2.45, 2.75) is 13.3 Å². The van der Waals surface area contributed by atoms with Gasteiger partial charge in [0, 0.05) is 12.0 Å². The second-order valence-electron chi connectivity index (χ2n) is 3.94. The van der Waals surface area contributed by atoms with Crippen LogP contribution in [0.4, 0.5) is 0 Å². The smallest absolute Gasteiger partial charge is 0.310 e. The largest absolute Gasteiger partial charge is 0.425 e. The van der Waals surface area contributed by atoms with Crippen LogP contribution in [0.15, 0.2) is 54.6 Å². The Morgan fingerprint density at radius 3 is 2.42 bits per heavy atom. The van der Waals surface area contributed by atoms with Gasteiger partial charge in [0.15, 0.2) is 0 Å². The summed E-state index contributed by atoms with van der Waals surface area (Å²) in [5, 5.41) is 0. The molecular formula is C17H14O2. The molecule has 0 saturated carbocycles. The molecule has 0 bridgehead atoms. The Hall–Kier alpha value is -2.53. The minimum absolute atomic E-state index is 0.256. The van der Waals surface area contributed by atoms with Gasteiger partial charge in [-0.3, -0.25) is 4.79 Å². The summed E-state index contributed by atoms with van der Waals surface area (Å²) in [6, 6.07) is 17.0. The number of rotatable bonds is 2. The van der Waals surface area contributed by atoms with E-state index in [2.05, 4.69) is 11.8 Å². The molecule has 0 atom stereocenters. The molecule has 2 aromatic rings. The molecule has 2 aromatic carbocycles. The molecule has 0 spiro atoms. The molecule has 0 aliphatic heterocycles. The second-order valence-corrected chi connectivity index (χ2v) is 3.94. The number of carbonyl (C=O) groups is 1. The lowest BCUT2D eigenvalue weighted by atomic mass is 10.1. The summed E-state index contributed by atoms with van der Waals surface area (Å²) >= 11 is 0. The highest BCUT2D eigenvalue weighted by Gasteiger charge is 2.04. The van der Waals surface area contributed by atoms with Crippen LogP contribution in [0.2, 0.25) is 0 Å². The minimum Gasteiger partial charge on any atom is -0.425 e. The Balaban J connectivity index is 2.26. The first-order valence-corrected chi connectivity index (χ1v) is 6.16. The molecule has 0 aliphatic rings. The molecule has 0 radical (unpaired) electrons. The standard InChI is InChI=1S/C17H14O2/c1-2-17(18)19-16-11-7-6-10-15(16)13-12-14-8-4-3-5-9-14/h3-11H,2H2,1H3. The van der Waals surface area contributed by atoms with E-state index in [4.69, 9.17) is 4.74 Å². The summed E-state index contributed by atoms with van der Waals surface area (Å²) in [7, 11) is 0. The zero-order chi connectivity index (χ0) is 13.5. The van der Waals surface area contributed by atoms with Crippen LogP contribution in [0.3, 0.4) is 0 Å². The van der Waals surface area contributed by atoms with Crippen LogP contribution in [0.1, 0.15) is 24.5 Å². The minimum atomic E-state index is -0.256. The Kier molecular flexibility index (Phi) is 4.36. The van der Waals surface area contributed by atoms with Gasteiger partial charge in [0.05, 0.1) is 5.56 Å². The van der Waals surface area contributed by atoms with E-state index in [9.17, 15) is 4.79 Å². The van der Waals surface area contributed by atoms with Crippen molar-refractivity contribution in [3.05, 3.63) is 65.7 Å². The summed E-state index contributed by atoms with van der Waals surface area (Å²) in [5.74, 6) is 6.34. The normalized spacial score (nSPS) is 9.32. The Labute approximate surface area is 113 Å². The number of carbonyl (C=O) groups excluding carboxylic acids is 1. The number of para-hydroxylation sites is 1. The molecule has 0 saturated heterocycles. The van der Waals surface area contributed by atoms with E-state index >= 15 is 0 Å². The van der Waals surface area contributed by atoms with Gasteiger partial charge in [0.1, 0.15) is 5.75 Å². The maximum atomic E-state index is 11.3. The van der Waals surface area contributed by atoms with Gasteiger partial charge in [-0.05, 0) is 24.3 Å². The van der Waals surface area contributed by atoms with Crippen molar-refractivity contribution < 1.29 is 9.53 Å². The van der Waals surface area contributed by atoms with Crippen LogP contribution in [-0.4, -0.2) is 5.97 Å². The first-order valence-electron chi connectivity index (χ1n) is 6.16. The Bertz CT molecular complexity index is 618.